The van der Waals surface area contributed by atoms with E-state index in [1.165, 1.54) is 0 Å². The number of methoxy groups -OCH3 is 2. The lowest BCUT2D eigenvalue weighted by molar-refractivity contribution is 0.393. The Bertz CT molecular complexity index is 1040. The second-order valence-corrected chi connectivity index (χ2v) is 7.99. The number of ether oxygens (including phenoxy) is 2. The smallest absolute Gasteiger partial charge is 0.191 e. The quantitative estimate of drug-likeness (QED) is 0.427. The number of anilines is 1. The van der Waals surface area contributed by atoms with Crippen LogP contribution in [0.1, 0.15) is 18.5 Å². The highest BCUT2D eigenvalue weighted by molar-refractivity contribution is 5.80. The average molecular weight is 449 g/mol. The molecule has 0 bridgehead atoms. The normalized spacial score (nSPS) is 14.8. The van der Waals surface area contributed by atoms with E-state index in [9.17, 15) is 0 Å². The van der Waals surface area contributed by atoms with Crippen molar-refractivity contribution in [2.45, 2.75) is 25.4 Å². The molecule has 1 aliphatic rings. The molecule has 1 saturated heterocycles. The molecule has 1 aliphatic heterocycles. The Balaban J connectivity index is 1.28. The van der Waals surface area contributed by atoms with Crippen molar-refractivity contribution in [3.8, 4) is 17.2 Å². The molecule has 33 heavy (non-hydrogen) atoms. The van der Waals surface area contributed by atoms with Crippen LogP contribution in [0.25, 0.3) is 5.69 Å². The van der Waals surface area contributed by atoms with E-state index in [1.807, 2.05) is 53.3 Å². The maximum Gasteiger partial charge on any atom is 0.191 e. The Morgan fingerprint density at radius 3 is 2.33 bits per heavy atom. The van der Waals surface area contributed by atoms with Gasteiger partial charge in [0.1, 0.15) is 11.5 Å². The minimum atomic E-state index is 0.363. The number of hydrogen-bond acceptors (Lipinski definition) is 5. The number of aliphatic imine (C=N–C) groups is 1. The molecule has 8 nitrogen and oxygen atoms in total. The maximum atomic E-state index is 5.42. The summed E-state index contributed by atoms with van der Waals surface area (Å²) in [5.41, 5.74) is 3.14. The highest BCUT2D eigenvalue weighted by Gasteiger charge is 2.21. The molecule has 0 radical (unpaired) electrons. The van der Waals surface area contributed by atoms with Gasteiger partial charge in [-0.15, -0.1) is 0 Å². The second-order valence-electron chi connectivity index (χ2n) is 7.99. The lowest BCUT2D eigenvalue weighted by Crippen LogP contribution is -2.48. The molecule has 0 unspecified atom stereocenters. The Kier molecular flexibility index (Phi) is 7.34. The number of rotatable bonds is 7. The number of guanidine groups is 1. The fourth-order valence-electron chi connectivity index (χ4n) is 4.00. The number of nitrogens with one attached hydrogen (secondary N) is 2. The Morgan fingerprint density at radius 2 is 1.70 bits per heavy atom. The molecule has 4 rings (SSSR count). The summed E-state index contributed by atoms with van der Waals surface area (Å²) >= 11 is 0. The lowest BCUT2D eigenvalue weighted by atomic mass is 10.0. The molecule has 2 heterocycles. The molecule has 0 spiro atoms. The molecule has 0 atom stereocenters. The zero-order valence-corrected chi connectivity index (χ0v) is 19.5. The first-order valence-corrected chi connectivity index (χ1v) is 11.2. The molecule has 2 aromatic carbocycles. The van der Waals surface area contributed by atoms with Gasteiger partial charge in [-0.3, -0.25) is 4.99 Å². The van der Waals surface area contributed by atoms with Crippen LogP contribution in [0.4, 0.5) is 5.69 Å². The number of piperidine rings is 1. The van der Waals surface area contributed by atoms with Crippen molar-refractivity contribution in [3.63, 3.8) is 0 Å². The van der Waals surface area contributed by atoms with Crippen LogP contribution in [0.15, 0.2) is 65.8 Å². The topological polar surface area (TPSA) is 75.9 Å². The molecule has 8 heteroatoms. The SMILES string of the molecule is CN=C(NCc1ccn(-c2ccccc2)n1)NC1CCN(c2cc(OC)cc(OC)c2)CC1. The van der Waals surface area contributed by atoms with E-state index in [2.05, 4.69) is 37.8 Å². The fraction of sp³-hybridized carbons (Fsp3) is 0.360. The third-order valence-electron chi connectivity index (χ3n) is 5.86. The van der Waals surface area contributed by atoms with Crippen molar-refractivity contribution in [2.75, 3.05) is 39.3 Å². The van der Waals surface area contributed by atoms with Gasteiger partial charge < -0.3 is 25.0 Å². The van der Waals surface area contributed by atoms with E-state index in [0.717, 1.165) is 60.5 Å². The van der Waals surface area contributed by atoms with Crippen LogP contribution in [0, 0.1) is 0 Å². The van der Waals surface area contributed by atoms with Crippen LogP contribution in [0.2, 0.25) is 0 Å². The van der Waals surface area contributed by atoms with Gasteiger partial charge in [0.2, 0.25) is 0 Å². The van der Waals surface area contributed by atoms with Crippen LogP contribution in [-0.4, -0.2) is 56.1 Å². The molecule has 3 aromatic rings. The van der Waals surface area contributed by atoms with E-state index < -0.39 is 0 Å². The summed E-state index contributed by atoms with van der Waals surface area (Å²) in [7, 11) is 5.16. The van der Waals surface area contributed by atoms with Crippen LogP contribution < -0.4 is 25.0 Å². The summed E-state index contributed by atoms with van der Waals surface area (Å²) in [6.45, 7) is 2.51. The fourth-order valence-corrected chi connectivity index (χ4v) is 4.00. The summed E-state index contributed by atoms with van der Waals surface area (Å²) < 4.78 is 12.7. The molecule has 2 N–H and O–H groups in total. The third kappa shape index (κ3) is 5.77. The van der Waals surface area contributed by atoms with Gasteiger partial charge in [0.25, 0.3) is 0 Å². The summed E-state index contributed by atoms with van der Waals surface area (Å²) in [6, 6.07) is 18.5. The molecule has 174 valence electrons. The minimum absolute atomic E-state index is 0.363. The van der Waals surface area contributed by atoms with Crippen LogP contribution in [-0.2, 0) is 6.54 Å². The Morgan fingerprint density at radius 1 is 1.00 bits per heavy atom. The predicted molar refractivity (Wildman–Crippen MR) is 132 cm³/mol. The zero-order chi connectivity index (χ0) is 23.0. The molecular formula is C25H32N6O2. The van der Waals surface area contributed by atoms with E-state index in [1.54, 1.807) is 21.3 Å². The van der Waals surface area contributed by atoms with Crippen LogP contribution in [0.3, 0.4) is 0 Å². The van der Waals surface area contributed by atoms with Gasteiger partial charge >= 0.3 is 0 Å². The number of benzene rings is 2. The monoisotopic (exact) mass is 448 g/mol. The van der Waals surface area contributed by atoms with Crippen molar-refractivity contribution in [3.05, 3.63) is 66.5 Å². The van der Waals surface area contributed by atoms with Crippen molar-refractivity contribution < 1.29 is 9.47 Å². The highest BCUT2D eigenvalue weighted by Crippen LogP contribution is 2.30. The number of hydrogen-bond donors (Lipinski definition) is 2. The zero-order valence-electron chi connectivity index (χ0n) is 19.5. The summed E-state index contributed by atoms with van der Waals surface area (Å²) in [5.74, 6) is 2.42. The third-order valence-corrected chi connectivity index (χ3v) is 5.86. The van der Waals surface area contributed by atoms with E-state index in [-0.39, 0.29) is 0 Å². The predicted octanol–water partition coefficient (Wildman–Crippen LogP) is 3.22. The second kappa shape index (κ2) is 10.8. The van der Waals surface area contributed by atoms with Crippen molar-refractivity contribution in [1.29, 1.82) is 0 Å². The van der Waals surface area contributed by atoms with Crippen LogP contribution >= 0.6 is 0 Å². The van der Waals surface area contributed by atoms with Gasteiger partial charge in [-0.25, -0.2) is 4.68 Å². The van der Waals surface area contributed by atoms with Gasteiger partial charge in [0.15, 0.2) is 5.96 Å². The molecule has 0 aliphatic carbocycles. The number of para-hydroxylation sites is 1. The Hall–Kier alpha value is -3.68. The van der Waals surface area contributed by atoms with Gasteiger partial charge in [0, 0.05) is 56.3 Å². The van der Waals surface area contributed by atoms with Gasteiger partial charge in [0.05, 0.1) is 32.1 Å². The number of nitrogens with zero attached hydrogens (tertiary/aromatic N) is 4. The average Bonchev–Trinajstić information content (AvgIpc) is 3.36. The molecular weight excluding hydrogens is 416 g/mol. The maximum absolute atomic E-state index is 5.42. The molecule has 0 saturated carbocycles. The first-order chi connectivity index (χ1) is 16.2. The highest BCUT2D eigenvalue weighted by atomic mass is 16.5. The molecule has 1 aromatic heterocycles. The summed E-state index contributed by atoms with van der Waals surface area (Å²) in [5, 5.41) is 11.6. The first kappa shape index (κ1) is 22.5. The first-order valence-electron chi connectivity index (χ1n) is 11.2. The van der Waals surface area contributed by atoms with Gasteiger partial charge in [-0.1, -0.05) is 18.2 Å². The van der Waals surface area contributed by atoms with Gasteiger partial charge in [-0.2, -0.15) is 5.10 Å². The van der Waals surface area contributed by atoms with E-state index >= 15 is 0 Å². The number of aromatic nitrogens is 2. The summed E-state index contributed by atoms with van der Waals surface area (Å²) in [4.78, 5) is 6.77. The van der Waals surface area contributed by atoms with Crippen molar-refractivity contribution in [1.82, 2.24) is 20.4 Å². The van der Waals surface area contributed by atoms with E-state index in [0.29, 0.717) is 12.6 Å². The van der Waals surface area contributed by atoms with Crippen LogP contribution in [0.5, 0.6) is 11.5 Å². The summed E-state index contributed by atoms with van der Waals surface area (Å²) in [6.07, 6.45) is 4.01. The van der Waals surface area contributed by atoms with E-state index in [4.69, 9.17) is 9.47 Å². The molecule has 0 amide bonds. The van der Waals surface area contributed by atoms with Gasteiger partial charge in [-0.05, 0) is 31.0 Å². The van der Waals surface area contributed by atoms with Crippen molar-refractivity contribution in [2.24, 2.45) is 4.99 Å². The Labute approximate surface area is 195 Å². The largest absolute Gasteiger partial charge is 0.497 e. The van der Waals surface area contributed by atoms with Crippen molar-refractivity contribution >= 4 is 11.6 Å². The lowest BCUT2D eigenvalue weighted by Gasteiger charge is -2.34. The standard InChI is InChI=1S/C25H32N6O2/c1-26-25(27-18-20-11-14-31(29-20)21-7-5-4-6-8-21)28-19-9-12-30(13-10-19)22-15-23(32-2)17-24(16-22)33-3/h4-8,11,14-17,19H,9-10,12-13,18H2,1-3H3,(H2,26,27,28). The molecule has 1 fully saturated rings. The minimum Gasteiger partial charge on any atom is -0.497 e.